The van der Waals surface area contributed by atoms with Crippen LogP contribution in [-0.4, -0.2) is 32.1 Å². The molecule has 1 atom stereocenters. The average molecular weight is 298 g/mol. The highest BCUT2D eigenvalue weighted by atomic mass is 16.7. The van der Waals surface area contributed by atoms with Crippen molar-refractivity contribution < 1.29 is 19.1 Å². The fourth-order valence-corrected chi connectivity index (χ4v) is 2.32. The van der Waals surface area contributed by atoms with Gasteiger partial charge in [0, 0.05) is 19.8 Å². The normalized spacial score (nSPS) is 12.1. The van der Waals surface area contributed by atoms with Gasteiger partial charge in [-0.15, -0.1) is 0 Å². The first-order valence-electron chi connectivity index (χ1n) is 6.92. The standard InChI is InChI=1S/C18H18O4/c1-21-18(22-2)17(20)15(13-9-5-3-6-10-13)16(19)14-11-7-4-8-12-14/h3-12,15,18H,1-2H3. The Labute approximate surface area is 129 Å². The molecule has 2 aromatic carbocycles. The van der Waals surface area contributed by atoms with E-state index < -0.39 is 18.0 Å². The lowest BCUT2D eigenvalue weighted by molar-refractivity contribution is -0.157. The second-order valence-corrected chi connectivity index (χ2v) is 4.78. The molecule has 0 amide bonds. The molecule has 0 spiro atoms. The SMILES string of the molecule is COC(OC)C(=O)C(C(=O)c1ccccc1)c1ccccc1. The molecule has 0 N–H and O–H groups in total. The molecule has 0 fully saturated rings. The quantitative estimate of drug-likeness (QED) is 0.448. The largest absolute Gasteiger partial charge is 0.349 e. The number of carbonyl (C=O) groups is 2. The van der Waals surface area contributed by atoms with Crippen LogP contribution >= 0.6 is 0 Å². The summed E-state index contributed by atoms with van der Waals surface area (Å²) < 4.78 is 10.1. The molecule has 0 saturated heterocycles. The second kappa shape index (κ2) is 7.64. The van der Waals surface area contributed by atoms with Crippen LogP contribution in [0.3, 0.4) is 0 Å². The second-order valence-electron chi connectivity index (χ2n) is 4.78. The van der Waals surface area contributed by atoms with Crippen molar-refractivity contribution in [2.24, 2.45) is 0 Å². The fraction of sp³-hybridized carbons (Fsp3) is 0.222. The molecule has 22 heavy (non-hydrogen) atoms. The van der Waals surface area contributed by atoms with E-state index in [2.05, 4.69) is 0 Å². The highest BCUT2D eigenvalue weighted by Gasteiger charge is 2.34. The Kier molecular flexibility index (Phi) is 5.58. The summed E-state index contributed by atoms with van der Waals surface area (Å²) in [5.74, 6) is -1.63. The topological polar surface area (TPSA) is 52.6 Å². The number of rotatable bonds is 7. The van der Waals surface area contributed by atoms with Crippen LogP contribution in [0.15, 0.2) is 60.7 Å². The fourth-order valence-electron chi connectivity index (χ4n) is 2.32. The lowest BCUT2D eigenvalue weighted by atomic mass is 9.87. The summed E-state index contributed by atoms with van der Waals surface area (Å²) in [7, 11) is 2.75. The molecule has 2 rings (SSSR count). The van der Waals surface area contributed by atoms with Crippen molar-refractivity contribution in [3.8, 4) is 0 Å². The molecule has 0 aromatic heterocycles. The average Bonchev–Trinajstić information content (AvgIpc) is 2.58. The van der Waals surface area contributed by atoms with Crippen LogP contribution in [0, 0.1) is 0 Å². The predicted octanol–water partition coefficient (Wildman–Crippen LogP) is 2.84. The third-order valence-electron chi connectivity index (χ3n) is 3.40. The molecular weight excluding hydrogens is 280 g/mol. The van der Waals surface area contributed by atoms with E-state index in [-0.39, 0.29) is 5.78 Å². The van der Waals surface area contributed by atoms with E-state index in [0.717, 1.165) is 0 Å². The number of carbonyl (C=O) groups excluding carboxylic acids is 2. The molecule has 2 aromatic rings. The van der Waals surface area contributed by atoms with E-state index in [4.69, 9.17) is 9.47 Å². The molecule has 4 heteroatoms. The maximum Gasteiger partial charge on any atom is 0.218 e. The number of hydrogen-bond acceptors (Lipinski definition) is 4. The third kappa shape index (κ3) is 3.47. The van der Waals surface area contributed by atoms with Gasteiger partial charge in [0.2, 0.25) is 12.1 Å². The highest BCUT2D eigenvalue weighted by molar-refractivity contribution is 6.15. The van der Waals surface area contributed by atoms with E-state index in [0.29, 0.717) is 11.1 Å². The van der Waals surface area contributed by atoms with Crippen molar-refractivity contribution in [2.75, 3.05) is 14.2 Å². The first kappa shape index (κ1) is 16.1. The van der Waals surface area contributed by atoms with Gasteiger partial charge in [0.15, 0.2) is 5.78 Å². The molecule has 0 aliphatic heterocycles. The highest BCUT2D eigenvalue weighted by Crippen LogP contribution is 2.24. The molecule has 114 valence electrons. The van der Waals surface area contributed by atoms with Gasteiger partial charge in [-0.1, -0.05) is 60.7 Å². The van der Waals surface area contributed by atoms with Crippen LogP contribution in [0.1, 0.15) is 21.8 Å². The van der Waals surface area contributed by atoms with Gasteiger partial charge in [0.05, 0.1) is 0 Å². The van der Waals surface area contributed by atoms with E-state index in [1.165, 1.54) is 14.2 Å². The summed E-state index contributed by atoms with van der Waals surface area (Å²) >= 11 is 0. The number of Topliss-reactive ketones (excluding diaryl/α,β-unsaturated/α-hetero) is 2. The van der Waals surface area contributed by atoms with E-state index in [9.17, 15) is 9.59 Å². The number of benzene rings is 2. The Morgan fingerprint density at radius 3 is 1.82 bits per heavy atom. The molecule has 0 aliphatic carbocycles. The molecule has 0 saturated carbocycles. The van der Waals surface area contributed by atoms with Crippen LogP contribution in [-0.2, 0) is 14.3 Å². The molecular formula is C18H18O4. The molecule has 0 aliphatic rings. The minimum absolute atomic E-state index is 0.268. The Hall–Kier alpha value is -2.30. The Morgan fingerprint density at radius 1 is 0.818 bits per heavy atom. The maximum absolute atomic E-state index is 12.8. The van der Waals surface area contributed by atoms with Crippen LogP contribution in [0.4, 0.5) is 0 Å². The van der Waals surface area contributed by atoms with Gasteiger partial charge in [-0.25, -0.2) is 0 Å². The summed E-state index contributed by atoms with van der Waals surface area (Å²) in [6.07, 6.45) is -1.07. The van der Waals surface area contributed by atoms with E-state index in [1.54, 1.807) is 48.5 Å². The van der Waals surface area contributed by atoms with Gasteiger partial charge in [0.1, 0.15) is 5.92 Å². The van der Waals surface area contributed by atoms with Crippen molar-refractivity contribution in [1.82, 2.24) is 0 Å². The van der Waals surface area contributed by atoms with Crippen molar-refractivity contribution >= 4 is 11.6 Å². The van der Waals surface area contributed by atoms with Crippen LogP contribution in [0.5, 0.6) is 0 Å². The smallest absolute Gasteiger partial charge is 0.218 e. The molecule has 0 heterocycles. The van der Waals surface area contributed by atoms with Crippen LogP contribution in [0.2, 0.25) is 0 Å². The monoisotopic (exact) mass is 298 g/mol. The lowest BCUT2D eigenvalue weighted by Crippen LogP contribution is -2.34. The number of hydrogen-bond donors (Lipinski definition) is 0. The zero-order valence-corrected chi connectivity index (χ0v) is 12.6. The Bertz CT molecular complexity index is 618. The molecule has 0 bridgehead atoms. The molecule has 1 unspecified atom stereocenters. The number of ketones is 2. The summed E-state index contributed by atoms with van der Waals surface area (Å²) in [4.78, 5) is 25.4. The minimum atomic E-state index is -1.07. The summed E-state index contributed by atoms with van der Waals surface area (Å²) in [6.45, 7) is 0. The summed E-state index contributed by atoms with van der Waals surface area (Å²) in [6, 6.07) is 17.7. The zero-order valence-electron chi connectivity index (χ0n) is 12.6. The first-order valence-corrected chi connectivity index (χ1v) is 6.92. The van der Waals surface area contributed by atoms with Crippen LogP contribution < -0.4 is 0 Å². The van der Waals surface area contributed by atoms with Crippen molar-refractivity contribution in [2.45, 2.75) is 12.2 Å². The summed E-state index contributed by atoms with van der Waals surface area (Å²) in [5, 5.41) is 0. The van der Waals surface area contributed by atoms with E-state index >= 15 is 0 Å². The summed E-state index contributed by atoms with van der Waals surface area (Å²) in [5.41, 5.74) is 1.11. The molecule has 0 radical (unpaired) electrons. The van der Waals surface area contributed by atoms with Crippen LogP contribution in [0.25, 0.3) is 0 Å². The van der Waals surface area contributed by atoms with Gasteiger partial charge in [0.25, 0.3) is 0 Å². The minimum Gasteiger partial charge on any atom is -0.349 e. The Morgan fingerprint density at radius 2 is 1.32 bits per heavy atom. The Balaban J connectivity index is 2.42. The van der Waals surface area contributed by atoms with Gasteiger partial charge in [-0.05, 0) is 5.56 Å². The van der Waals surface area contributed by atoms with Gasteiger partial charge >= 0.3 is 0 Å². The predicted molar refractivity (Wildman–Crippen MR) is 82.8 cm³/mol. The van der Waals surface area contributed by atoms with Crippen molar-refractivity contribution in [3.05, 3.63) is 71.8 Å². The van der Waals surface area contributed by atoms with E-state index in [1.807, 2.05) is 12.1 Å². The molecule has 4 nitrogen and oxygen atoms in total. The maximum atomic E-state index is 12.8. The van der Waals surface area contributed by atoms with Gasteiger partial charge in [-0.3, -0.25) is 9.59 Å². The van der Waals surface area contributed by atoms with Crippen molar-refractivity contribution in [1.29, 1.82) is 0 Å². The van der Waals surface area contributed by atoms with Gasteiger partial charge in [-0.2, -0.15) is 0 Å². The third-order valence-corrected chi connectivity index (χ3v) is 3.40. The van der Waals surface area contributed by atoms with Crippen molar-refractivity contribution in [3.63, 3.8) is 0 Å². The first-order chi connectivity index (χ1) is 10.7. The lowest BCUT2D eigenvalue weighted by Gasteiger charge is -2.20. The number of methoxy groups -OCH3 is 2. The number of ether oxygens (including phenoxy) is 2. The van der Waals surface area contributed by atoms with Gasteiger partial charge < -0.3 is 9.47 Å². The zero-order chi connectivity index (χ0) is 15.9.